The maximum atomic E-state index is 14.6. The van der Waals surface area contributed by atoms with Crippen LogP contribution >= 0.6 is 11.6 Å². The number of hydrogen-bond donors (Lipinski definition) is 1. The third kappa shape index (κ3) is 9.83. The van der Waals surface area contributed by atoms with Crippen molar-refractivity contribution < 1.29 is 22.7 Å². The molecule has 0 heterocycles. The summed E-state index contributed by atoms with van der Waals surface area (Å²) in [5.41, 5.74) is 3.01. The zero-order valence-electron chi connectivity index (χ0n) is 27.2. The molecule has 4 aromatic carbocycles. The predicted molar refractivity (Wildman–Crippen MR) is 187 cm³/mol. The van der Waals surface area contributed by atoms with Crippen LogP contribution in [0.3, 0.4) is 0 Å². The smallest absolute Gasteiger partial charge is 0.264 e. The molecule has 0 fully saturated rings. The molecule has 4 rings (SSSR count). The van der Waals surface area contributed by atoms with Gasteiger partial charge < -0.3 is 15.0 Å². The van der Waals surface area contributed by atoms with E-state index in [0.29, 0.717) is 23.9 Å². The fraction of sp³-hybridized carbons (Fsp3) is 0.297. The van der Waals surface area contributed by atoms with E-state index in [9.17, 15) is 18.0 Å². The van der Waals surface area contributed by atoms with Gasteiger partial charge in [0.15, 0.2) is 0 Å². The highest BCUT2D eigenvalue weighted by molar-refractivity contribution is 7.92. The Morgan fingerprint density at radius 1 is 0.851 bits per heavy atom. The number of sulfonamides is 1. The van der Waals surface area contributed by atoms with E-state index in [-0.39, 0.29) is 35.4 Å². The lowest BCUT2D eigenvalue weighted by molar-refractivity contribution is -0.140. The van der Waals surface area contributed by atoms with Gasteiger partial charge in [-0.1, -0.05) is 85.6 Å². The first-order valence-electron chi connectivity index (χ1n) is 15.7. The predicted octanol–water partition coefficient (Wildman–Crippen LogP) is 6.65. The number of carbonyl (C=O) groups excluding carboxylic acids is 2. The summed E-state index contributed by atoms with van der Waals surface area (Å²) in [7, 11) is -4.24. The zero-order chi connectivity index (χ0) is 34.0. The molecule has 0 aliphatic heterocycles. The SMILES string of the molecule is CCOc1ccc(N(CC(=O)N(Cc2ccc(C)cc2)[C@H](Cc2ccccc2)C(=O)NCC(C)C)S(=O)(=O)c2ccc(Cl)cc2)cc1. The first-order valence-corrected chi connectivity index (χ1v) is 17.5. The minimum absolute atomic E-state index is 0.0239. The standard InChI is InChI=1S/C37H42ClN3O5S/c1-5-46-33-19-17-32(18-20-33)41(47(44,45)34-21-15-31(38)16-22-34)26-36(42)40(25-30-13-11-28(4)12-14-30)35(37(43)39-24-27(2)3)23-29-9-7-6-8-10-29/h6-22,27,35H,5,23-26H2,1-4H3,(H,39,43)/t35-/m1/s1. The molecule has 0 aromatic heterocycles. The van der Waals surface area contributed by atoms with Gasteiger partial charge in [0.25, 0.3) is 10.0 Å². The van der Waals surface area contributed by atoms with Gasteiger partial charge in [0, 0.05) is 24.5 Å². The molecule has 0 aliphatic rings. The van der Waals surface area contributed by atoms with Gasteiger partial charge >= 0.3 is 0 Å². The van der Waals surface area contributed by atoms with Crippen molar-refractivity contribution in [2.24, 2.45) is 5.92 Å². The van der Waals surface area contributed by atoms with Gasteiger partial charge in [-0.25, -0.2) is 8.42 Å². The molecule has 10 heteroatoms. The minimum atomic E-state index is -4.24. The molecule has 4 aromatic rings. The Morgan fingerprint density at radius 2 is 1.49 bits per heavy atom. The van der Waals surface area contributed by atoms with Crippen LogP contribution in [0.5, 0.6) is 5.75 Å². The largest absolute Gasteiger partial charge is 0.494 e. The number of aryl methyl sites for hydroxylation is 1. The third-order valence-corrected chi connectivity index (χ3v) is 9.59. The van der Waals surface area contributed by atoms with Crippen molar-refractivity contribution in [2.75, 3.05) is 24.0 Å². The van der Waals surface area contributed by atoms with Crippen LogP contribution in [-0.4, -0.2) is 50.9 Å². The minimum Gasteiger partial charge on any atom is -0.494 e. The number of ether oxygens (including phenoxy) is 1. The number of anilines is 1. The molecule has 0 spiro atoms. The Balaban J connectivity index is 1.79. The molecule has 0 saturated carbocycles. The summed E-state index contributed by atoms with van der Waals surface area (Å²) < 4.78 is 35.0. The Bertz CT molecular complexity index is 1710. The normalized spacial score (nSPS) is 12.0. The Labute approximate surface area is 283 Å². The van der Waals surface area contributed by atoms with Crippen LogP contribution in [0.15, 0.2) is 108 Å². The fourth-order valence-electron chi connectivity index (χ4n) is 5.00. The number of rotatable bonds is 15. The van der Waals surface area contributed by atoms with Crippen molar-refractivity contribution in [1.29, 1.82) is 0 Å². The van der Waals surface area contributed by atoms with Gasteiger partial charge in [0.2, 0.25) is 11.8 Å². The second-order valence-electron chi connectivity index (χ2n) is 11.7. The number of carbonyl (C=O) groups is 2. The number of nitrogens with zero attached hydrogens (tertiary/aromatic N) is 2. The summed E-state index contributed by atoms with van der Waals surface area (Å²) in [6.07, 6.45) is 0.245. The Kier molecular flexibility index (Phi) is 12.4. The molecule has 248 valence electrons. The van der Waals surface area contributed by atoms with Crippen LogP contribution in [0.25, 0.3) is 0 Å². The lowest BCUT2D eigenvalue weighted by atomic mass is 10.0. The summed E-state index contributed by atoms with van der Waals surface area (Å²) in [5.74, 6) is -0.0803. The van der Waals surface area contributed by atoms with Gasteiger partial charge in [0.1, 0.15) is 18.3 Å². The highest BCUT2D eigenvalue weighted by atomic mass is 35.5. The van der Waals surface area contributed by atoms with E-state index in [0.717, 1.165) is 21.0 Å². The van der Waals surface area contributed by atoms with E-state index in [1.807, 2.05) is 82.3 Å². The number of halogens is 1. The van der Waals surface area contributed by atoms with Gasteiger partial charge in [-0.05, 0) is 79.4 Å². The lowest BCUT2D eigenvalue weighted by Gasteiger charge is -2.34. The van der Waals surface area contributed by atoms with Crippen molar-refractivity contribution in [3.8, 4) is 5.75 Å². The highest BCUT2D eigenvalue weighted by Crippen LogP contribution is 2.28. The van der Waals surface area contributed by atoms with E-state index in [2.05, 4.69) is 5.32 Å². The molecular weight excluding hydrogens is 634 g/mol. The summed E-state index contributed by atoms with van der Waals surface area (Å²) in [4.78, 5) is 29.9. The Hall–Kier alpha value is -4.34. The first-order chi connectivity index (χ1) is 22.5. The van der Waals surface area contributed by atoms with Crippen molar-refractivity contribution >= 4 is 39.1 Å². The quantitative estimate of drug-likeness (QED) is 0.152. The van der Waals surface area contributed by atoms with E-state index in [4.69, 9.17) is 16.3 Å². The number of hydrogen-bond acceptors (Lipinski definition) is 5. The zero-order valence-corrected chi connectivity index (χ0v) is 28.8. The summed E-state index contributed by atoms with van der Waals surface area (Å²) in [5, 5.41) is 3.39. The molecule has 0 bridgehead atoms. The van der Waals surface area contributed by atoms with E-state index in [1.165, 1.54) is 29.2 Å². The van der Waals surface area contributed by atoms with Gasteiger partial charge in [0.05, 0.1) is 17.2 Å². The van der Waals surface area contributed by atoms with Crippen LogP contribution in [0, 0.1) is 12.8 Å². The maximum absolute atomic E-state index is 14.6. The van der Waals surface area contributed by atoms with E-state index >= 15 is 0 Å². The van der Waals surface area contributed by atoms with E-state index in [1.54, 1.807) is 24.3 Å². The molecule has 2 amide bonds. The van der Waals surface area contributed by atoms with Crippen LogP contribution < -0.4 is 14.4 Å². The summed E-state index contributed by atoms with van der Waals surface area (Å²) in [6, 6.07) is 28.6. The van der Waals surface area contributed by atoms with Crippen molar-refractivity contribution in [3.05, 3.63) is 125 Å². The average molecular weight is 676 g/mol. The average Bonchev–Trinajstić information content (AvgIpc) is 3.06. The van der Waals surface area contributed by atoms with E-state index < -0.39 is 28.5 Å². The molecule has 0 aliphatic carbocycles. The number of benzene rings is 4. The van der Waals surface area contributed by atoms with Crippen LogP contribution in [0.4, 0.5) is 5.69 Å². The van der Waals surface area contributed by atoms with Crippen LogP contribution in [0.1, 0.15) is 37.5 Å². The molecule has 0 saturated heterocycles. The molecule has 0 radical (unpaired) electrons. The lowest BCUT2D eigenvalue weighted by Crippen LogP contribution is -2.53. The van der Waals surface area contributed by atoms with Crippen molar-refractivity contribution in [2.45, 2.75) is 51.6 Å². The maximum Gasteiger partial charge on any atom is 0.264 e. The highest BCUT2D eigenvalue weighted by Gasteiger charge is 2.34. The monoisotopic (exact) mass is 675 g/mol. The van der Waals surface area contributed by atoms with Gasteiger partial charge in [-0.3, -0.25) is 13.9 Å². The van der Waals surface area contributed by atoms with Crippen LogP contribution in [0.2, 0.25) is 5.02 Å². The summed E-state index contributed by atoms with van der Waals surface area (Å²) >= 11 is 6.07. The number of nitrogens with one attached hydrogen (secondary N) is 1. The van der Waals surface area contributed by atoms with Crippen LogP contribution in [-0.2, 0) is 32.6 Å². The molecule has 1 N–H and O–H groups in total. The fourth-order valence-corrected chi connectivity index (χ4v) is 6.54. The molecule has 8 nitrogen and oxygen atoms in total. The molecule has 47 heavy (non-hydrogen) atoms. The second-order valence-corrected chi connectivity index (χ2v) is 14.0. The van der Waals surface area contributed by atoms with Crippen molar-refractivity contribution in [1.82, 2.24) is 10.2 Å². The Morgan fingerprint density at radius 3 is 2.09 bits per heavy atom. The number of amides is 2. The second kappa shape index (κ2) is 16.5. The van der Waals surface area contributed by atoms with Gasteiger partial charge in [-0.15, -0.1) is 0 Å². The summed E-state index contributed by atoms with van der Waals surface area (Å²) in [6.45, 7) is 8.25. The van der Waals surface area contributed by atoms with Crippen molar-refractivity contribution in [3.63, 3.8) is 0 Å². The van der Waals surface area contributed by atoms with Gasteiger partial charge in [-0.2, -0.15) is 0 Å². The topological polar surface area (TPSA) is 96.0 Å². The molecular formula is C37H42ClN3O5S. The third-order valence-electron chi connectivity index (χ3n) is 7.55. The molecule has 0 unspecified atom stereocenters. The first kappa shape index (κ1) is 35.5. The molecule has 1 atom stereocenters.